The van der Waals surface area contributed by atoms with Crippen molar-refractivity contribution in [2.75, 3.05) is 50.2 Å². The molecule has 0 radical (unpaired) electrons. The van der Waals surface area contributed by atoms with Crippen molar-refractivity contribution in [1.82, 2.24) is 40.0 Å². The lowest BCUT2D eigenvalue weighted by atomic mass is 10.0. The van der Waals surface area contributed by atoms with E-state index in [-0.39, 0.29) is 71.8 Å². The van der Waals surface area contributed by atoms with E-state index in [0.717, 1.165) is 4.90 Å². The number of aromatic amines is 1. The third kappa shape index (κ3) is 8.64. The van der Waals surface area contributed by atoms with Gasteiger partial charge in [-0.2, -0.15) is 9.97 Å². The fourth-order valence-electron chi connectivity index (χ4n) is 7.99. The van der Waals surface area contributed by atoms with Crippen molar-refractivity contribution in [3.63, 3.8) is 0 Å². The fraction of sp³-hybridized carbons (Fsp3) is 0.267. The van der Waals surface area contributed by atoms with E-state index in [0.29, 0.717) is 64.9 Å². The van der Waals surface area contributed by atoms with Gasteiger partial charge in [0.25, 0.3) is 23.6 Å². The summed E-state index contributed by atoms with van der Waals surface area (Å²) in [6, 6.07) is 15.0. The van der Waals surface area contributed by atoms with Crippen molar-refractivity contribution in [2.24, 2.45) is 0 Å². The molecule has 0 aliphatic carbocycles. The molecule has 1 saturated heterocycles. The van der Waals surface area contributed by atoms with Gasteiger partial charge in [0.2, 0.25) is 23.7 Å². The lowest BCUT2D eigenvalue weighted by Gasteiger charge is -2.27. The first-order chi connectivity index (χ1) is 31.4. The highest BCUT2D eigenvalue weighted by molar-refractivity contribution is 6.25. The number of unbranched alkanes of at least 4 members (excludes halogenated alkanes) is 2. The number of carbonyl (C=O) groups is 7. The van der Waals surface area contributed by atoms with Crippen LogP contribution in [0, 0.1) is 5.82 Å². The van der Waals surface area contributed by atoms with Gasteiger partial charge in [-0.15, -0.1) is 0 Å². The molecule has 20 heteroatoms. The second kappa shape index (κ2) is 18.3. The molecule has 1 atom stereocenters. The van der Waals surface area contributed by atoms with Crippen molar-refractivity contribution in [2.45, 2.75) is 44.6 Å². The van der Waals surface area contributed by atoms with Gasteiger partial charge in [-0.05, 0) is 67.8 Å². The number of hydrogen-bond acceptors (Lipinski definition) is 13. The summed E-state index contributed by atoms with van der Waals surface area (Å²) < 4.78 is 21.9. The Morgan fingerprint density at radius 1 is 0.938 bits per heavy atom. The summed E-state index contributed by atoms with van der Waals surface area (Å²) >= 11 is 0. The lowest BCUT2D eigenvalue weighted by Crippen LogP contribution is -2.54. The maximum atomic E-state index is 14.8. The van der Waals surface area contributed by atoms with E-state index in [4.69, 9.17) is 4.74 Å². The summed E-state index contributed by atoms with van der Waals surface area (Å²) in [7, 11) is 4.47. The maximum Gasteiger partial charge on any atom is 0.264 e. The van der Waals surface area contributed by atoms with Crippen LogP contribution in [0.3, 0.4) is 0 Å². The summed E-state index contributed by atoms with van der Waals surface area (Å²) in [5, 5.41) is 15.4. The van der Waals surface area contributed by atoms with Crippen molar-refractivity contribution >= 4 is 92.1 Å². The molecule has 65 heavy (non-hydrogen) atoms. The van der Waals surface area contributed by atoms with E-state index in [1.165, 1.54) is 41.8 Å². The number of amides is 6. The number of nitrogens with zero attached hydrogens (tertiary/aromatic N) is 5. The molecule has 334 valence electrons. The van der Waals surface area contributed by atoms with E-state index < -0.39 is 41.4 Å². The first-order valence-electron chi connectivity index (χ1n) is 20.8. The molecule has 5 heterocycles. The third-order valence-electron chi connectivity index (χ3n) is 11.3. The smallest absolute Gasteiger partial charge is 0.264 e. The standard InChI is InChI=1S/C45H44FN11O8/c1-47-42(62)38-27(46)10-8-12-29(38)50-40-26-16-19-49-39(26)53-45(54-40)51-30-22-32-24(21-33(30)65-3)17-20-56(32)36(60)23-55(2)35(59)13-5-4-6-18-48-28-11-7-9-25-37(28)44(64)57(43(25)63)31-14-15-34(58)52-41(31)61/h7-12,16-17,19-22,31,48H,4-6,13-15,18,23H2,1-3H3,(H,47,62)(H,52,58,61)(H3,49,50,51,53,54). The van der Waals surface area contributed by atoms with Crippen LogP contribution in [0.1, 0.15) is 74.4 Å². The zero-order valence-corrected chi connectivity index (χ0v) is 35.5. The van der Waals surface area contributed by atoms with Gasteiger partial charge in [0.15, 0.2) is 0 Å². The predicted octanol–water partition coefficient (Wildman–Crippen LogP) is 5.08. The molecule has 6 aromatic rings. The van der Waals surface area contributed by atoms with Crippen LogP contribution in [0.5, 0.6) is 5.75 Å². The van der Waals surface area contributed by atoms with Gasteiger partial charge in [-0.3, -0.25) is 48.3 Å². The molecule has 6 amide bonds. The van der Waals surface area contributed by atoms with Crippen LogP contribution in [0.25, 0.3) is 21.9 Å². The molecular weight excluding hydrogens is 842 g/mol. The number of likely N-dealkylation sites (N-methyl/N-ethyl adjacent to an activating group) is 1. The van der Waals surface area contributed by atoms with E-state index in [9.17, 15) is 38.0 Å². The molecule has 2 aliphatic rings. The molecule has 1 fully saturated rings. The molecule has 6 N–H and O–H groups in total. The number of methoxy groups -OCH3 is 1. The van der Waals surface area contributed by atoms with Gasteiger partial charge in [0.1, 0.15) is 35.6 Å². The van der Waals surface area contributed by atoms with Crippen LogP contribution >= 0.6 is 0 Å². The second-order valence-corrected chi connectivity index (χ2v) is 15.5. The summed E-state index contributed by atoms with van der Waals surface area (Å²) in [6.07, 6.45) is 5.42. The molecule has 2 aliphatic heterocycles. The van der Waals surface area contributed by atoms with Gasteiger partial charge >= 0.3 is 0 Å². The van der Waals surface area contributed by atoms with Crippen molar-refractivity contribution < 1.29 is 42.7 Å². The molecule has 19 nitrogen and oxygen atoms in total. The Bertz CT molecular complexity index is 2930. The molecule has 0 bridgehead atoms. The van der Waals surface area contributed by atoms with E-state index >= 15 is 0 Å². The van der Waals surface area contributed by atoms with Gasteiger partial charge in [-0.1, -0.05) is 18.6 Å². The van der Waals surface area contributed by atoms with Crippen LogP contribution in [0.15, 0.2) is 73.1 Å². The molecule has 0 spiro atoms. The van der Waals surface area contributed by atoms with Gasteiger partial charge in [0.05, 0.1) is 46.1 Å². The second-order valence-electron chi connectivity index (χ2n) is 15.5. The predicted molar refractivity (Wildman–Crippen MR) is 237 cm³/mol. The number of fused-ring (bicyclic) bond motifs is 3. The number of benzene rings is 3. The molecule has 1 unspecified atom stereocenters. The van der Waals surface area contributed by atoms with Crippen LogP contribution in [-0.2, 0) is 14.4 Å². The van der Waals surface area contributed by atoms with E-state index in [1.54, 1.807) is 61.9 Å². The normalized spacial score (nSPS) is 14.6. The largest absolute Gasteiger partial charge is 0.495 e. The first-order valence-corrected chi connectivity index (χ1v) is 20.8. The van der Waals surface area contributed by atoms with E-state index in [2.05, 4.69) is 41.5 Å². The number of hydrogen-bond donors (Lipinski definition) is 6. The number of ether oxygens (including phenoxy) is 1. The van der Waals surface area contributed by atoms with Gasteiger partial charge in [-0.25, -0.2) is 4.39 Å². The van der Waals surface area contributed by atoms with Gasteiger partial charge in [0, 0.05) is 56.9 Å². The Morgan fingerprint density at radius 3 is 2.52 bits per heavy atom. The summed E-state index contributed by atoms with van der Waals surface area (Å²) in [5.74, 6) is -3.36. The first kappa shape index (κ1) is 43.5. The maximum absolute atomic E-state index is 14.8. The van der Waals surface area contributed by atoms with Crippen molar-refractivity contribution in [3.05, 3.63) is 95.6 Å². The van der Waals surface area contributed by atoms with Crippen LogP contribution in [-0.4, -0.2) is 111 Å². The highest BCUT2D eigenvalue weighted by atomic mass is 19.1. The highest BCUT2D eigenvalue weighted by Gasteiger charge is 2.45. The van der Waals surface area contributed by atoms with Crippen LogP contribution < -0.4 is 31.3 Å². The van der Waals surface area contributed by atoms with Crippen molar-refractivity contribution in [3.8, 4) is 5.75 Å². The minimum atomic E-state index is -1.06. The topological polar surface area (TPSA) is 242 Å². The molecule has 3 aromatic carbocycles. The average molecular weight is 886 g/mol. The molecular formula is C45H44FN11O8. The Kier molecular flexibility index (Phi) is 12.2. The Labute approximate surface area is 370 Å². The number of piperidine rings is 1. The quantitative estimate of drug-likeness (QED) is 0.0550. The Morgan fingerprint density at radius 2 is 1.74 bits per heavy atom. The minimum absolute atomic E-state index is 0.0298. The highest BCUT2D eigenvalue weighted by Crippen LogP contribution is 2.35. The van der Waals surface area contributed by atoms with Crippen LogP contribution in [0.4, 0.5) is 33.2 Å². The summed E-state index contributed by atoms with van der Waals surface area (Å²) in [5.41, 5.74) is 2.22. The van der Waals surface area contributed by atoms with Crippen LogP contribution in [0.2, 0.25) is 0 Å². The summed E-state index contributed by atoms with van der Waals surface area (Å²) in [6.45, 7) is 0.251. The number of halogens is 1. The Hall–Kier alpha value is -8.16. The average Bonchev–Trinajstić information content (AvgIpc) is 4.00. The number of H-pyrrole nitrogens is 1. The minimum Gasteiger partial charge on any atom is -0.495 e. The Balaban J connectivity index is 0.872. The number of rotatable bonds is 16. The SMILES string of the molecule is CNC(=O)c1c(F)cccc1Nc1nc(Nc2cc3c(ccn3C(=O)CN(C)C(=O)CCCCCNc3cccc4c3C(=O)N(C3CCC(=O)NC3=O)C4=O)cc2OC)nc2[nH]ccc12. The zero-order valence-electron chi connectivity index (χ0n) is 35.5. The number of nitrogens with one attached hydrogen (secondary N) is 6. The fourth-order valence-corrected chi connectivity index (χ4v) is 7.99. The number of carbonyl (C=O) groups excluding carboxylic acids is 7. The molecule has 0 saturated carbocycles. The molecule has 8 rings (SSSR count). The number of aromatic nitrogens is 4. The van der Waals surface area contributed by atoms with Crippen molar-refractivity contribution in [1.29, 1.82) is 0 Å². The van der Waals surface area contributed by atoms with E-state index in [1.807, 2.05) is 0 Å². The number of imide groups is 2. The summed E-state index contributed by atoms with van der Waals surface area (Å²) in [4.78, 5) is 105. The monoisotopic (exact) mass is 885 g/mol. The third-order valence-corrected chi connectivity index (χ3v) is 11.3. The lowest BCUT2D eigenvalue weighted by molar-refractivity contribution is -0.136. The van der Waals surface area contributed by atoms with Gasteiger partial charge < -0.3 is 35.9 Å². The zero-order chi connectivity index (χ0) is 45.9. The number of anilines is 5. The molecule has 3 aromatic heterocycles.